The van der Waals surface area contributed by atoms with Crippen LogP contribution >= 0.6 is 0 Å². The topological polar surface area (TPSA) is 135 Å². The van der Waals surface area contributed by atoms with E-state index >= 15 is 0 Å². The van der Waals surface area contributed by atoms with Crippen molar-refractivity contribution in [1.82, 2.24) is 0 Å². The van der Waals surface area contributed by atoms with Crippen LogP contribution < -0.4 is 15.8 Å². The Morgan fingerprint density at radius 1 is 1.54 bits per heavy atom. The Balaban J connectivity index is 3.38. The third-order valence-electron chi connectivity index (χ3n) is 3.00. The number of phenolic OH excluding ortho intramolecular Hbond substituents is 1. The van der Waals surface area contributed by atoms with Crippen LogP contribution in [0.15, 0.2) is 18.2 Å². The fourth-order valence-electron chi connectivity index (χ4n) is 1.93. The SMILES string of the molecule is C=C(C#N)C(=O)OC(C)c1cc(N)c(O)c(NC(C)=O)c1OCC. The van der Waals surface area contributed by atoms with Gasteiger partial charge in [0, 0.05) is 12.5 Å². The molecule has 0 spiro atoms. The van der Waals surface area contributed by atoms with E-state index in [1.54, 1.807) is 13.0 Å². The van der Waals surface area contributed by atoms with Crippen molar-refractivity contribution in [2.75, 3.05) is 17.7 Å². The largest absolute Gasteiger partial charge is 0.504 e. The van der Waals surface area contributed by atoms with Gasteiger partial charge in [-0.15, -0.1) is 0 Å². The highest BCUT2D eigenvalue weighted by Gasteiger charge is 2.24. The fourth-order valence-corrected chi connectivity index (χ4v) is 1.93. The number of aromatic hydroxyl groups is 1. The van der Waals surface area contributed by atoms with Crippen LogP contribution in [0.2, 0.25) is 0 Å². The number of nitrogens with two attached hydrogens (primary N) is 1. The lowest BCUT2D eigenvalue weighted by Crippen LogP contribution is -2.14. The molecule has 1 aromatic rings. The van der Waals surface area contributed by atoms with Crippen LogP contribution in [0.3, 0.4) is 0 Å². The van der Waals surface area contributed by atoms with Gasteiger partial charge in [-0.05, 0) is 19.9 Å². The van der Waals surface area contributed by atoms with Crippen LogP contribution in [0.4, 0.5) is 11.4 Å². The van der Waals surface area contributed by atoms with Crippen LogP contribution in [0.25, 0.3) is 0 Å². The Labute approximate surface area is 139 Å². The highest BCUT2D eigenvalue weighted by molar-refractivity contribution is 5.95. The highest BCUT2D eigenvalue weighted by Crippen LogP contribution is 2.44. The number of carbonyl (C=O) groups is 2. The molecule has 1 aromatic carbocycles. The van der Waals surface area contributed by atoms with Gasteiger partial charge < -0.3 is 25.6 Å². The molecule has 0 saturated heterocycles. The lowest BCUT2D eigenvalue weighted by atomic mass is 10.1. The zero-order valence-corrected chi connectivity index (χ0v) is 13.7. The van der Waals surface area contributed by atoms with Gasteiger partial charge in [-0.3, -0.25) is 4.79 Å². The number of anilines is 2. The van der Waals surface area contributed by atoms with Crippen molar-refractivity contribution in [3.63, 3.8) is 0 Å². The molecule has 1 amide bonds. The molecule has 1 atom stereocenters. The Morgan fingerprint density at radius 2 is 2.17 bits per heavy atom. The number of nitrogen functional groups attached to an aromatic ring is 1. The van der Waals surface area contributed by atoms with E-state index in [0.717, 1.165) is 0 Å². The molecule has 4 N–H and O–H groups in total. The number of rotatable bonds is 6. The summed E-state index contributed by atoms with van der Waals surface area (Å²) in [5.74, 6) is -1.55. The second-order valence-corrected chi connectivity index (χ2v) is 4.86. The maximum absolute atomic E-state index is 11.7. The summed E-state index contributed by atoms with van der Waals surface area (Å²) in [6.07, 6.45) is -0.862. The van der Waals surface area contributed by atoms with E-state index < -0.39 is 18.0 Å². The maximum atomic E-state index is 11.7. The number of phenols is 1. The van der Waals surface area contributed by atoms with Gasteiger partial charge in [0.2, 0.25) is 5.91 Å². The molecule has 0 fully saturated rings. The molecule has 8 nitrogen and oxygen atoms in total. The van der Waals surface area contributed by atoms with E-state index in [0.29, 0.717) is 5.56 Å². The number of carbonyl (C=O) groups excluding carboxylic acids is 2. The molecular formula is C16H19N3O5. The number of benzene rings is 1. The first-order valence-electron chi connectivity index (χ1n) is 7.08. The molecule has 1 unspecified atom stereocenters. The monoisotopic (exact) mass is 333 g/mol. The molecule has 0 bridgehead atoms. The second kappa shape index (κ2) is 7.87. The zero-order chi connectivity index (χ0) is 18.4. The molecule has 128 valence electrons. The lowest BCUT2D eigenvalue weighted by Gasteiger charge is -2.21. The minimum atomic E-state index is -0.889. The number of nitrogens with one attached hydrogen (secondary N) is 1. The van der Waals surface area contributed by atoms with Crippen molar-refractivity contribution in [2.24, 2.45) is 0 Å². The number of hydrogen-bond donors (Lipinski definition) is 3. The summed E-state index contributed by atoms with van der Waals surface area (Å²) >= 11 is 0. The molecule has 0 aromatic heterocycles. The molecule has 1 rings (SSSR count). The maximum Gasteiger partial charge on any atom is 0.348 e. The van der Waals surface area contributed by atoms with Gasteiger partial charge in [-0.2, -0.15) is 5.26 Å². The van der Waals surface area contributed by atoms with Gasteiger partial charge in [0.25, 0.3) is 0 Å². The van der Waals surface area contributed by atoms with Crippen molar-refractivity contribution < 1.29 is 24.2 Å². The van der Waals surface area contributed by atoms with Crippen LogP contribution in [-0.4, -0.2) is 23.6 Å². The van der Waals surface area contributed by atoms with Crippen LogP contribution in [0.5, 0.6) is 11.5 Å². The van der Waals surface area contributed by atoms with Crippen molar-refractivity contribution >= 4 is 23.3 Å². The van der Waals surface area contributed by atoms with Gasteiger partial charge in [0.05, 0.1) is 12.3 Å². The predicted octanol–water partition coefficient (Wildman–Crippen LogP) is 2.02. The van der Waals surface area contributed by atoms with E-state index in [1.807, 2.05) is 0 Å². The summed E-state index contributed by atoms with van der Waals surface area (Å²) in [6, 6.07) is 2.97. The molecule has 0 heterocycles. The molecule has 24 heavy (non-hydrogen) atoms. The number of ether oxygens (including phenoxy) is 2. The van der Waals surface area contributed by atoms with Crippen LogP contribution in [-0.2, 0) is 14.3 Å². The number of nitrogens with zero attached hydrogens (tertiary/aromatic N) is 1. The first-order valence-corrected chi connectivity index (χ1v) is 7.08. The minimum absolute atomic E-state index is 0.0126. The highest BCUT2D eigenvalue weighted by atomic mass is 16.5. The first kappa shape index (κ1) is 18.8. The van der Waals surface area contributed by atoms with Gasteiger partial charge in [-0.25, -0.2) is 4.79 Å². The minimum Gasteiger partial charge on any atom is -0.504 e. The van der Waals surface area contributed by atoms with E-state index in [-0.39, 0.29) is 35.1 Å². The molecule has 0 saturated carbocycles. The number of nitriles is 1. The van der Waals surface area contributed by atoms with Gasteiger partial charge in [-0.1, -0.05) is 6.58 Å². The van der Waals surface area contributed by atoms with Crippen molar-refractivity contribution in [3.8, 4) is 17.6 Å². The van der Waals surface area contributed by atoms with Gasteiger partial charge >= 0.3 is 5.97 Å². The molecule has 0 aliphatic carbocycles. The number of amides is 1. The summed E-state index contributed by atoms with van der Waals surface area (Å²) in [4.78, 5) is 23.1. The molecule has 0 aliphatic heterocycles. The van der Waals surface area contributed by atoms with Crippen molar-refractivity contribution in [3.05, 3.63) is 23.8 Å². The van der Waals surface area contributed by atoms with Gasteiger partial charge in [0.1, 0.15) is 23.4 Å². The van der Waals surface area contributed by atoms with Crippen LogP contribution in [0.1, 0.15) is 32.4 Å². The average Bonchev–Trinajstić information content (AvgIpc) is 2.52. The Hall–Kier alpha value is -3.21. The smallest absolute Gasteiger partial charge is 0.348 e. The van der Waals surface area contributed by atoms with E-state index in [2.05, 4.69) is 11.9 Å². The second-order valence-electron chi connectivity index (χ2n) is 4.86. The standard InChI is InChI=1S/C16H19N3O5/c1-5-23-15-11(9(3)24-16(22)8(2)7-17)6-12(18)14(21)13(15)19-10(4)20/h6,9,21H,2,5,18H2,1,3-4H3,(H,19,20). The Morgan fingerprint density at radius 3 is 2.67 bits per heavy atom. The molecule has 0 radical (unpaired) electrons. The van der Waals surface area contributed by atoms with Crippen LogP contribution in [0, 0.1) is 11.3 Å². The number of esters is 1. The van der Waals surface area contributed by atoms with Gasteiger partial charge in [0.15, 0.2) is 11.5 Å². The Kier molecular flexibility index (Phi) is 6.18. The normalized spacial score (nSPS) is 11.1. The third kappa shape index (κ3) is 4.16. The summed E-state index contributed by atoms with van der Waals surface area (Å²) in [5, 5.41) is 21.2. The van der Waals surface area contributed by atoms with E-state index in [4.69, 9.17) is 20.5 Å². The lowest BCUT2D eigenvalue weighted by molar-refractivity contribution is -0.143. The first-order chi connectivity index (χ1) is 11.2. The summed E-state index contributed by atoms with van der Waals surface area (Å²) in [7, 11) is 0. The summed E-state index contributed by atoms with van der Waals surface area (Å²) in [6.45, 7) is 8.02. The quantitative estimate of drug-likeness (QED) is 0.238. The third-order valence-corrected chi connectivity index (χ3v) is 3.00. The van der Waals surface area contributed by atoms with E-state index in [1.165, 1.54) is 19.9 Å². The summed E-state index contributed by atoms with van der Waals surface area (Å²) < 4.78 is 10.6. The number of hydrogen-bond acceptors (Lipinski definition) is 7. The molecular weight excluding hydrogens is 314 g/mol. The summed E-state index contributed by atoms with van der Waals surface area (Å²) in [5.41, 5.74) is 5.68. The molecule has 0 aliphatic rings. The zero-order valence-electron chi connectivity index (χ0n) is 13.7. The molecule has 8 heteroatoms. The predicted molar refractivity (Wildman–Crippen MR) is 87.3 cm³/mol. The van der Waals surface area contributed by atoms with Crippen molar-refractivity contribution in [1.29, 1.82) is 5.26 Å². The van der Waals surface area contributed by atoms with E-state index in [9.17, 15) is 14.7 Å². The Bertz CT molecular complexity index is 721. The fraction of sp³-hybridized carbons (Fsp3) is 0.312. The van der Waals surface area contributed by atoms with Crippen molar-refractivity contribution in [2.45, 2.75) is 26.9 Å². The average molecular weight is 333 g/mol.